The van der Waals surface area contributed by atoms with Gasteiger partial charge >= 0.3 is 12.0 Å². The molecule has 1 saturated heterocycles. The summed E-state index contributed by atoms with van der Waals surface area (Å²) in [7, 11) is 3.68. The van der Waals surface area contributed by atoms with E-state index in [2.05, 4.69) is 0 Å². The fourth-order valence-electron chi connectivity index (χ4n) is 2.45. The van der Waals surface area contributed by atoms with Gasteiger partial charge in [-0.15, -0.1) is 0 Å². The van der Waals surface area contributed by atoms with Crippen LogP contribution in [0.25, 0.3) is 0 Å². The number of aliphatic hydroxyl groups is 1. The number of primary amides is 1. The zero-order valence-corrected chi connectivity index (χ0v) is 12.2. The first kappa shape index (κ1) is 17.2. The van der Waals surface area contributed by atoms with E-state index in [1.165, 1.54) is 4.90 Å². The van der Waals surface area contributed by atoms with E-state index in [1.54, 1.807) is 0 Å². The van der Waals surface area contributed by atoms with Gasteiger partial charge in [-0.3, -0.25) is 9.59 Å². The highest BCUT2D eigenvalue weighted by molar-refractivity contribution is 5.86. The summed E-state index contributed by atoms with van der Waals surface area (Å²) in [5.74, 6) is -2.01. The van der Waals surface area contributed by atoms with Gasteiger partial charge in [0.05, 0.1) is 6.10 Å². The van der Waals surface area contributed by atoms with Gasteiger partial charge in [-0.25, -0.2) is 4.79 Å². The third-order valence-corrected chi connectivity index (χ3v) is 3.16. The Hall–Kier alpha value is -1.87. The number of amides is 3. The quantitative estimate of drug-likeness (QED) is 0.519. The standard InChI is InChI=1S/C12H22N4O5/c1-14(2)4-8-3-9(17)5-16(8)12(21)15(6-10(13)18)7-11(19)20/h8-9,17H,3-7H2,1-2H3,(H2,13,18)(H,19,20). The molecule has 0 aromatic carbocycles. The van der Waals surface area contributed by atoms with Gasteiger partial charge in [0, 0.05) is 19.1 Å². The van der Waals surface area contributed by atoms with Gasteiger partial charge in [0.1, 0.15) is 13.1 Å². The van der Waals surface area contributed by atoms with E-state index in [0.29, 0.717) is 13.0 Å². The summed E-state index contributed by atoms with van der Waals surface area (Å²) in [5, 5.41) is 18.6. The van der Waals surface area contributed by atoms with Gasteiger partial charge in [0.15, 0.2) is 0 Å². The van der Waals surface area contributed by atoms with Crippen molar-refractivity contribution in [2.45, 2.75) is 18.6 Å². The first-order valence-corrected chi connectivity index (χ1v) is 6.59. The number of carbonyl (C=O) groups excluding carboxylic acids is 2. The third-order valence-electron chi connectivity index (χ3n) is 3.16. The molecule has 0 aromatic heterocycles. The van der Waals surface area contributed by atoms with Crippen molar-refractivity contribution in [2.24, 2.45) is 5.73 Å². The SMILES string of the molecule is CN(C)CC1CC(O)CN1C(=O)N(CC(N)=O)CC(=O)O. The molecule has 1 aliphatic rings. The maximum atomic E-state index is 12.4. The molecule has 120 valence electrons. The van der Waals surface area contributed by atoms with E-state index in [4.69, 9.17) is 10.8 Å². The Bertz CT molecular complexity index is 398. The van der Waals surface area contributed by atoms with Gasteiger partial charge in [-0.05, 0) is 20.5 Å². The minimum atomic E-state index is -1.23. The number of carboxylic acid groups (broad SMARTS) is 1. The summed E-state index contributed by atoms with van der Waals surface area (Å²) in [6, 6.07) is -0.828. The molecule has 0 bridgehead atoms. The number of aliphatic hydroxyl groups excluding tert-OH is 1. The molecule has 0 saturated carbocycles. The molecule has 3 amide bonds. The van der Waals surface area contributed by atoms with Crippen molar-refractivity contribution >= 4 is 17.9 Å². The van der Waals surface area contributed by atoms with Gasteiger partial charge < -0.3 is 30.6 Å². The lowest BCUT2D eigenvalue weighted by Crippen LogP contribution is -2.51. The van der Waals surface area contributed by atoms with Crippen LogP contribution < -0.4 is 5.73 Å². The second-order valence-electron chi connectivity index (χ2n) is 5.46. The highest BCUT2D eigenvalue weighted by Crippen LogP contribution is 2.20. The minimum Gasteiger partial charge on any atom is -0.480 e. The molecule has 1 heterocycles. The average molecular weight is 302 g/mol. The Kier molecular flexibility index (Phi) is 5.91. The number of likely N-dealkylation sites (tertiary alicyclic amines) is 1. The van der Waals surface area contributed by atoms with Crippen LogP contribution in [0.15, 0.2) is 0 Å². The summed E-state index contributed by atoms with van der Waals surface area (Å²) < 4.78 is 0. The van der Waals surface area contributed by atoms with Crippen LogP contribution in [-0.2, 0) is 9.59 Å². The summed E-state index contributed by atoms with van der Waals surface area (Å²) in [4.78, 5) is 38.4. The summed E-state index contributed by atoms with van der Waals surface area (Å²) >= 11 is 0. The number of hydrogen-bond donors (Lipinski definition) is 3. The van der Waals surface area contributed by atoms with Crippen molar-refractivity contribution in [3.05, 3.63) is 0 Å². The number of β-amino-alcohol motifs (C(OH)–C–C–N with tert-alkyl or cyclic N) is 1. The van der Waals surface area contributed by atoms with E-state index in [-0.39, 0.29) is 12.6 Å². The molecule has 0 radical (unpaired) electrons. The minimum absolute atomic E-state index is 0.117. The molecule has 0 aromatic rings. The molecule has 1 aliphatic heterocycles. The van der Waals surface area contributed by atoms with E-state index in [0.717, 1.165) is 4.90 Å². The highest BCUT2D eigenvalue weighted by atomic mass is 16.4. The molecule has 1 rings (SSSR count). The predicted molar refractivity (Wildman–Crippen MR) is 73.5 cm³/mol. The molecule has 1 fully saturated rings. The van der Waals surface area contributed by atoms with Crippen LogP contribution in [-0.4, -0.2) is 95.2 Å². The number of rotatable bonds is 6. The van der Waals surface area contributed by atoms with E-state index >= 15 is 0 Å². The Morgan fingerprint density at radius 1 is 1.29 bits per heavy atom. The zero-order chi connectivity index (χ0) is 16.2. The summed E-state index contributed by atoms with van der Waals surface area (Å²) in [5.41, 5.74) is 5.05. The first-order chi connectivity index (χ1) is 9.70. The zero-order valence-electron chi connectivity index (χ0n) is 12.2. The Morgan fingerprint density at radius 2 is 1.90 bits per heavy atom. The molecule has 21 heavy (non-hydrogen) atoms. The van der Waals surface area contributed by atoms with Crippen LogP contribution in [0.4, 0.5) is 4.79 Å². The van der Waals surface area contributed by atoms with Crippen LogP contribution in [0.2, 0.25) is 0 Å². The number of hydrogen-bond acceptors (Lipinski definition) is 5. The predicted octanol–water partition coefficient (Wildman–Crippen LogP) is -2.02. The maximum Gasteiger partial charge on any atom is 0.323 e. The molecular weight excluding hydrogens is 280 g/mol. The normalized spacial score (nSPS) is 21.6. The van der Waals surface area contributed by atoms with Crippen LogP contribution in [0, 0.1) is 0 Å². The number of aliphatic carboxylic acids is 1. The van der Waals surface area contributed by atoms with Crippen molar-refractivity contribution in [3.8, 4) is 0 Å². The second kappa shape index (κ2) is 7.23. The van der Waals surface area contributed by atoms with Crippen molar-refractivity contribution in [1.29, 1.82) is 0 Å². The number of nitrogens with two attached hydrogens (primary N) is 1. The number of carbonyl (C=O) groups is 3. The van der Waals surface area contributed by atoms with Crippen molar-refractivity contribution in [2.75, 3.05) is 40.3 Å². The Morgan fingerprint density at radius 3 is 2.38 bits per heavy atom. The monoisotopic (exact) mass is 302 g/mol. The largest absolute Gasteiger partial charge is 0.480 e. The van der Waals surface area contributed by atoms with Gasteiger partial charge in [-0.2, -0.15) is 0 Å². The summed E-state index contributed by atoms with van der Waals surface area (Å²) in [6.07, 6.45) is -0.236. The number of urea groups is 1. The lowest BCUT2D eigenvalue weighted by Gasteiger charge is -2.31. The fourth-order valence-corrected chi connectivity index (χ4v) is 2.45. The highest BCUT2D eigenvalue weighted by Gasteiger charge is 2.37. The van der Waals surface area contributed by atoms with Gasteiger partial charge in [-0.1, -0.05) is 0 Å². The van der Waals surface area contributed by atoms with E-state index < -0.39 is 37.1 Å². The van der Waals surface area contributed by atoms with Gasteiger partial charge in [0.25, 0.3) is 0 Å². The fraction of sp³-hybridized carbons (Fsp3) is 0.750. The number of likely N-dealkylation sites (N-methyl/N-ethyl adjacent to an activating group) is 1. The van der Waals surface area contributed by atoms with Crippen LogP contribution >= 0.6 is 0 Å². The molecule has 2 atom stereocenters. The van der Waals surface area contributed by atoms with Gasteiger partial charge in [0.2, 0.25) is 5.91 Å². The van der Waals surface area contributed by atoms with Crippen molar-refractivity contribution < 1.29 is 24.6 Å². The third kappa shape index (κ3) is 5.20. The maximum absolute atomic E-state index is 12.4. The Balaban J connectivity index is 2.84. The molecule has 9 heteroatoms. The molecule has 2 unspecified atom stereocenters. The second-order valence-corrected chi connectivity index (χ2v) is 5.46. The lowest BCUT2D eigenvalue weighted by molar-refractivity contribution is -0.138. The molecule has 0 spiro atoms. The number of carboxylic acids is 1. The smallest absolute Gasteiger partial charge is 0.323 e. The van der Waals surface area contributed by atoms with Crippen molar-refractivity contribution in [1.82, 2.24) is 14.7 Å². The van der Waals surface area contributed by atoms with E-state index in [1.807, 2.05) is 19.0 Å². The molecular formula is C12H22N4O5. The summed E-state index contributed by atoms with van der Waals surface area (Å²) in [6.45, 7) is -0.415. The first-order valence-electron chi connectivity index (χ1n) is 6.59. The van der Waals surface area contributed by atoms with Crippen LogP contribution in [0.3, 0.4) is 0 Å². The van der Waals surface area contributed by atoms with Crippen molar-refractivity contribution in [3.63, 3.8) is 0 Å². The number of nitrogens with zero attached hydrogens (tertiary/aromatic N) is 3. The van der Waals surface area contributed by atoms with Crippen LogP contribution in [0.1, 0.15) is 6.42 Å². The van der Waals surface area contributed by atoms with Crippen LogP contribution in [0.5, 0.6) is 0 Å². The molecule has 0 aliphatic carbocycles. The average Bonchev–Trinajstić information content (AvgIpc) is 2.66. The lowest BCUT2D eigenvalue weighted by atomic mass is 10.2. The molecule has 4 N–H and O–H groups in total. The van der Waals surface area contributed by atoms with E-state index in [9.17, 15) is 19.5 Å². The molecule has 9 nitrogen and oxygen atoms in total. The Labute approximate surface area is 122 Å². The topological polar surface area (TPSA) is 127 Å².